The van der Waals surface area contributed by atoms with Gasteiger partial charge >= 0.3 is 0 Å². The Morgan fingerprint density at radius 1 is 1.58 bits per heavy atom. The molecular formula is C13H11BrN4O. The van der Waals surface area contributed by atoms with E-state index in [0.29, 0.717) is 13.0 Å². The van der Waals surface area contributed by atoms with Crippen LogP contribution in [0.25, 0.3) is 5.57 Å². The number of fused-ring (bicyclic) bond motifs is 2. The molecule has 1 amide bonds. The van der Waals surface area contributed by atoms with Crippen LogP contribution in [0.1, 0.15) is 18.9 Å². The van der Waals surface area contributed by atoms with Crippen molar-refractivity contribution in [3.63, 3.8) is 0 Å². The van der Waals surface area contributed by atoms with Crippen LogP contribution >= 0.6 is 16.1 Å². The molecule has 0 aromatic carbocycles. The van der Waals surface area contributed by atoms with Crippen molar-refractivity contribution in [1.82, 2.24) is 9.88 Å². The maximum absolute atomic E-state index is 11.9. The van der Waals surface area contributed by atoms with Gasteiger partial charge in [-0.1, -0.05) is 0 Å². The Hall–Kier alpha value is -1.87. The Morgan fingerprint density at radius 2 is 2.37 bits per heavy atom. The Labute approximate surface area is 119 Å². The number of carbonyl (C=O) groups is 1. The number of nitriles is 1. The summed E-state index contributed by atoms with van der Waals surface area (Å²) < 4.78 is 1.86. The predicted octanol–water partition coefficient (Wildman–Crippen LogP) is 2.07. The Bertz CT molecular complexity index is 634. The third-order valence-electron chi connectivity index (χ3n) is 3.56. The van der Waals surface area contributed by atoms with Crippen LogP contribution in [0.2, 0.25) is 0 Å². The first-order valence-electron chi connectivity index (χ1n) is 5.96. The number of rotatable bonds is 0. The lowest BCUT2D eigenvalue weighted by Gasteiger charge is -2.37. The summed E-state index contributed by atoms with van der Waals surface area (Å²) in [5, 5.41) is 9.12. The van der Waals surface area contributed by atoms with Crippen molar-refractivity contribution in [2.75, 3.05) is 10.5 Å². The fraction of sp³-hybridized carbons (Fsp3) is 0.308. The van der Waals surface area contributed by atoms with Crippen LogP contribution in [0.5, 0.6) is 0 Å². The molecule has 96 valence electrons. The molecular weight excluding hydrogens is 308 g/mol. The molecule has 6 heteroatoms. The number of amides is 1. The van der Waals surface area contributed by atoms with Gasteiger partial charge in [0.2, 0.25) is 5.91 Å². The minimum Gasteiger partial charge on any atom is -0.288 e. The Morgan fingerprint density at radius 3 is 3.11 bits per heavy atom. The van der Waals surface area contributed by atoms with Gasteiger partial charge in [0.05, 0.1) is 35.2 Å². The molecule has 2 aliphatic heterocycles. The molecule has 0 aliphatic carbocycles. The lowest BCUT2D eigenvalue weighted by molar-refractivity contribution is -0.128. The fourth-order valence-corrected chi connectivity index (χ4v) is 3.33. The van der Waals surface area contributed by atoms with Crippen LogP contribution in [0.3, 0.4) is 0 Å². The second-order valence-electron chi connectivity index (χ2n) is 4.63. The van der Waals surface area contributed by atoms with Gasteiger partial charge in [0, 0.05) is 11.8 Å². The zero-order chi connectivity index (χ0) is 13.6. The highest BCUT2D eigenvalue weighted by Gasteiger charge is 2.37. The third-order valence-corrected chi connectivity index (χ3v) is 4.15. The van der Waals surface area contributed by atoms with E-state index in [2.05, 4.69) is 21.1 Å². The molecule has 0 saturated heterocycles. The molecule has 3 rings (SSSR count). The second kappa shape index (κ2) is 4.35. The molecule has 5 nitrogen and oxygen atoms in total. The van der Waals surface area contributed by atoms with Gasteiger partial charge < -0.3 is 0 Å². The molecule has 2 aliphatic rings. The van der Waals surface area contributed by atoms with Crippen LogP contribution in [-0.4, -0.2) is 28.4 Å². The van der Waals surface area contributed by atoms with Crippen molar-refractivity contribution >= 4 is 33.4 Å². The second-order valence-corrected chi connectivity index (χ2v) is 5.48. The summed E-state index contributed by atoms with van der Waals surface area (Å²) >= 11 is 3.47. The van der Waals surface area contributed by atoms with Crippen molar-refractivity contribution in [3.8, 4) is 6.19 Å². The maximum atomic E-state index is 11.9. The van der Waals surface area contributed by atoms with E-state index in [1.807, 2.05) is 29.2 Å². The summed E-state index contributed by atoms with van der Waals surface area (Å²) in [5.74, 6) is 0.697. The molecule has 1 unspecified atom stereocenters. The summed E-state index contributed by atoms with van der Waals surface area (Å²) in [6.07, 6.45) is 4.01. The number of halogens is 1. The van der Waals surface area contributed by atoms with Gasteiger partial charge in [-0.25, -0.2) is 9.88 Å². The number of hydrogen-bond donors (Lipinski definition) is 0. The smallest absolute Gasteiger partial charge is 0.240 e. The standard InChI is InChI=1S/C13H11BrN4O/c1-8-12-9(5-11(19)17(8)7-15)6-18(14)13-10(12)3-2-4-16-13/h2-4,8H,5-6H2,1H3. The van der Waals surface area contributed by atoms with Crippen LogP contribution in [-0.2, 0) is 4.79 Å². The number of pyridine rings is 1. The third kappa shape index (κ3) is 1.73. The van der Waals surface area contributed by atoms with Crippen LogP contribution in [0.15, 0.2) is 23.9 Å². The zero-order valence-electron chi connectivity index (χ0n) is 10.3. The highest BCUT2D eigenvalue weighted by atomic mass is 79.9. The number of nitrogens with zero attached hydrogens (tertiary/aromatic N) is 4. The van der Waals surface area contributed by atoms with E-state index < -0.39 is 0 Å². The number of hydrogen-bond acceptors (Lipinski definition) is 4. The summed E-state index contributed by atoms with van der Waals surface area (Å²) in [7, 11) is 0. The lowest BCUT2D eigenvalue weighted by atomic mass is 9.86. The van der Waals surface area contributed by atoms with Crippen LogP contribution < -0.4 is 3.93 Å². The molecule has 3 heterocycles. The SMILES string of the molecule is CC1C2=C(CC(=O)N1C#N)CN(Br)c1ncccc12. The summed E-state index contributed by atoms with van der Waals surface area (Å²) in [4.78, 5) is 17.5. The molecule has 0 bridgehead atoms. The summed E-state index contributed by atoms with van der Waals surface area (Å²) in [6.45, 7) is 2.50. The average molecular weight is 319 g/mol. The molecule has 1 atom stereocenters. The lowest BCUT2D eigenvalue weighted by Crippen LogP contribution is -2.42. The molecule has 0 fully saturated rings. The van der Waals surface area contributed by atoms with Gasteiger partial charge in [-0.15, -0.1) is 0 Å². The first kappa shape index (κ1) is 12.2. The van der Waals surface area contributed by atoms with Gasteiger partial charge in [0.1, 0.15) is 5.82 Å². The predicted molar refractivity (Wildman–Crippen MR) is 74.0 cm³/mol. The van der Waals surface area contributed by atoms with Gasteiger partial charge in [-0.3, -0.25) is 8.72 Å². The molecule has 1 aromatic rings. The van der Waals surface area contributed by atoms with E-state index >= 15 is 0 Å². The van der Waals surface area contributed by atoms with E-state index in [-0.39, 0.29) is 11.9 Å². The number of anilines is 1. The number of aromatic nitrogens is 1. The maximum Gasteiger partial charge on any atom is 0.240 e. The van der Waals surface area contributed by atoms with Crippen molar-refractivity contribution in [3.05, 3.63) is 29.5 Å². The van der Waals surface area contributed by atoms with Crippen molar-refractivity contribution < 1.29 is 4.79 Å². The molecule has 0 N–H and O–H groups in total. The quantitative estimate of drug-likeness (QED) is 0.542. The molecule has 19 heavy (non-hydrogen) atoms. The molecule has 0 saturated carbocycles. The first-order chi connectivity index (χ1) is 9.13. The largest absolute Gasteiger partial charge is 0.288 e. The van der Waals surface area contributed by atoms with Crippen molar-refractivity contribution in [2.45, 2.75) is 19.4 Å². The Balaban J connectivity index is 2.18. The minimum absolute atomic E-state index is 0.137. The molecule has 0 spiro atoms. The topological polar surface area (TPSA) is 60.2 Å². The Kier molecular flexibility index (Phi) is 2.79. The monoisotopic (exact) mass is 318 g/mol. The minimum atomic E-state index is -0.231. The molecule has 0 radical (unpaired) electrons. The van der Waals surface area contributed by atoms with Gasteiger partial charge in [-0.05, 0) is 30.2 Å². The van der Waals surface area contributed by atoms with Gasteiger partial charge in [0.25, 0.3) is 0 Å². The van der Waals surface area contributed by atoms with E-state index in [1.165, 1.54) is 4.90 Å². The highest BCUT2D eigenvalue weighted by molar-refractivity contribution is 9.10. The fourth-order valence-electron chi connectivity index (χ4n) is 2.75. The summed E-state index contributed by atoms with van der Waals surface area (Å²) in [5.41, 5.74) is 3.10. The van der Waals surface area contributed by atoms with Crippen LogP contribution in [0, 0.1) is 11.5 Å². The van der Waals surface area contributed by atoms with Crippen molar-refractivity contribution in [1.29, 1.82) is 5.26 Å². The summed E-state index contributed by atoms with van der Waals surface area (Å²) in [6, 6.07) is 3.62. The number of carbonyl (C=O) groups excluding carboxylic acids is 1. The van der Waals surface area contributed by atoms with E-state index in [0.717, 1.165) is 22.5 Å². The van der Waals surface area contributed by atoms with Crippen LogP contribution in [0.4, 0.5) is 5.82 Å². The highest BCUT2D eigenvalue weighted by Crippen LogP contribution is 2.41. The van der Waals surface area contributed by atoms with E-state index in [9.17, 15) is 4.79 Å². The average Bonchev–Trinajstić information content (AvgIpc) is 2.39. The normalized spacial score (nSPS) is 21.9. The van der Waals surface area contributed by atoms with Gasteiger partial charge in [-0.2, -0.15) is 5.26 Å². The van der Waals surface area contributed by atoms with E-state index in [1.54, 1.807) is 6.20 Å². The van der Waals surface area contributed by atoms with E-state index in [4.69, 9.17) is 5.26 Å². The van der Waals surface area contributed by atoms with Gasteiger partial charge in [0.15, 0.2) is 6.19 Å². The molecule has 1 aromatic heterocycles. The van der Waals surface area contributed by atoms with Crippen molar-refractivity contribution in [2.24, 2.45) is 0 Å². The zero-order valence-corrected chi connectivity index (χ0v) is 11.9. The first-order valence-corrected chi connectivity index (χ1v) is 6.67.